The van der Waals surface area contributed by atoms with Crippen molar-refractivity contribution >= 4 is 0 Å². The van der Waals surface area contributed by atoms with Gasteiger partial charge in [-0.2, -0.15) is 0 Å². The van der Waals surface area contributed by atoms with Crippen molar-refractivity contribution in [1.82, 2.24) is 4.98 Å². The first-order chi connectivity index (χ1) is 9.17. The molecule has 0 fully saturated rings. The summed E-state index contributed by atoms with van der Waals surface area (Å²) in [5.41, 5.74) is 9.16. The highest BCUT2D eigenvalue weighted by Gasteiger charge is 2.15. The zero-order valence-electron chi connectivity index (χ0n) is 11.4. The number of methoxy groups -OCH3 is 2. The fraction of sp³-hybridized carbons (Fsp3) is 0.267. The molecule has 1 aromatic heterocycles. The highest BCUT2D eigenvalue weighted by Crippen LogP contribution is 2.31. The molecular weight excluding hydrogens is 240 g/mol. The third-order valence-corrected chi connectivity index (χ3v) is 3.11. The molecule has 19 heavy (non-hydrogen) atoms. The molecule has 2 rings (SSSR count). The van der Waals surface area contributed by atoms with E-state index in [1.54, 1.807) is 20.4 Å². The van der Waals surface area contributed by atoms with Crippen molar-refractivity contribution in [2.75, 3.05) is 14.2 Å². The van der Waals surface area contributed by atoms with Crippen molar-refractivity contribution in [2.45, 2.75) is 13.0 Å². The van der Waals surface area contributed by atoms with Crippen molar-refractivity contribution in [2.24, 2.45) is 5.73 Å². The van der Waals surface area contributed by atoms with E-state index in [9.17, 15) is 0 Å². The minimum absolute atomic E-state index is 0.277. The molecule has 1 unspecified atom stereocenters. The maximum absolute atomic E-state index is 6.27. The number of rotatable bonds is 4. The maximum atomic E-state index is 6.27. The van der Waals surface area contributed by atoms with Crippen molar-refractivity contribution in [1.29, 1.82) is 0 Å². The smallest absolute Gasteiger partial charge is 0.161 e. The monoisotopic (exact) mass is 258 g/mol. The molecule has 2 aromatic rings. The highest BCUT2D eigenvalue weighted by atomic mass is 16.5. The van der Waals surface area contributed by atoms with Crippen LogP contribution in [0.1, 0.15) is 22.9 Å². The minimum Gasteiger partial charge on any atom is -0.493 e. The Morgan fingerprint density at radius 3 is 2.47 bits per heavy atom. The van der Waals surface area contributed by atoms with Gasteiger partial charge >= 0.3 is 0 Å². The normalized spacial score (nSPS) is 12.0. The lowest BCUT2D eigenvalue weighted by atomic mass is 10.0. The molecule has 100 valence electrons. The number of aryl methyl sites for hydroxylation is 1. The van der Waals surface area contributed by atoms with Gasteiger partial charge in [-0.15, -0.1) is 0 Å². The number of nitrogens with two attached hydrogens (primary N) is 1. The van der Waals surface area contributed by atoms with Crippen molar-refractivity contribution in [3.05, 3.63) is 53.3 Å². The van der Waals surface area contributed by atoms with Gasteiger partial charge in [0.05, 0.1) is 26.0 Å². The topological polar surface area (TPSA) is 57.4 Å². The van der Waals surface area contributed by atoms with Crippen LogP contribution in [-0.4, -0.2) is 19.2 Å². The van der Waals surface area contributed by atoms with Gasteiger partial charge in [0.1, 0.15) is 0 Å². The predicted molar refractivity (Wildman–Crippen MR) is 74.6 cm³/mol. The summed E-state index contributed by atoms with van der Waals surface area (Å²) >= 11 is 0. The Balaban J connectivity index is 2.39. The van der Waals surface area contributed by atoms with Gasteiger partial charge in [0.2, 0.25) is 0 Å². The molecule has 1 atom stereocenters. The van der Waals surface area contributed by atoms with E-state index in [0.29, 0.717) is 11.5 Å². The van der Waals surface area contributed by atoms with Gasteiger partial charge < -0.3 is 15.2 Å². The number of ether oxygens (including phenoxy) is 2. The third kappa shape index (κ3) is 2.69. The van der Waals surface area contributed by atoms with Crippen molar-refractivity contribution < 1.29 is 9.47 Å². The molecule has 0 aliphatic heterocycles. The number of aromatic nitrogens is 1. The third-order valence-electron chi connectivity index (χ3n) is 3.11. The Hall–Kier alpha value is -2.07. The van der Waals surface area contributed by atoms with Crippen LogP contribution in [0.5, 0.6) is 11.5 Å². The van der Waals surface area contributed by atoms with Crippen molar-refractivity contribution in [3.8, 4) is 11.5 Å². The van der Waals surface area contributed by atoms with Gasteiger partial charge in [-0.25, -0.2) is 0 Å². The van der Waals surface area contributed by atoms with E-state index >= 15 is 0 Å². The van der Waals surface area contributed by atoms with Crippen LogP contribution in [0.4, 0.5) is 0 Å². The number of nitrogens with zero attached hydrogens (tertiary/aromatic N) is 1. The summed E-state index contributed by atoms with van der Waals surface area (Å²) in [5.74, 6) is 1.36. The zero-order valence-corrected chi connectivity index (χ0v) is 11.4. The first-order valence-corrected chi connectivity index (χ1v) is 6.06. The number of benzene rings is 1. The van der Waals surface area contributed by atoms with Crippen LogP contribution in [-0.2, 0) is 0 Å². The summed E-state index contributed by atoms with van der Waals surface area (Å²) in [6.45, 7) is 2.00. The van der Waals surface area contributed by atoms with Crippen LogP contribution >= 0.6 is 0 Å². The Morgan fingerprint density at radius 1 is 1.11 bits per heavy atom. The van der Waals surface area contributed by atoms with Gasteiger partial charge in [-0.1, -0.05) is 12.1 Å². The first kappa shape index (κ1) is 13.4. The lowest BCUT2D eigenvalue weighted by Crippen LogP contribution is -2.15. The Labute approximate surface area is 113 Å². The molecule has 4 nitrogen and oxygen atoms in total. The molecule has 2 N–H and O–H groups in total. The minimum atomic E-state index is -0.277. The fourth-order valence-corrected chi connectivity index (χ4v) is 2.03. The van der Waals surface area contributed by atoms with E-state index in [-0.39, 0.29) is 6.04 Å². The number of hydrogen-bond donors (Lipinski definition) is 1. The lowest BCUT2D eigenvalue weighted by Gasteiger charge is -2.16. The molecule has 0 saturated heterocycles. The van der Waals surface area contributed by atoms with Crippen LogP contribution in [0.25, 0.3) is 0 Å². The second-order valence-electron chi connectivity index (χ2n) is 4.30. The molecule has 0 aliphatic rings. The second-order valence-corrected chi connectivity index (χ2v) is 4.30. The van der Waals surface area contributed by atoms with Gasteiger partial charge in [0.25, 0.3) is 0 Å². The van der Waals surface area contributed by atoms with E-state index in [0.717, 1.165) is 16.8 Å². The van der Waals surface area contributed by atoms with E-state index in [4.69, 9.17) is 15.2 Å². The average molecular weight is 258 g/mol. The molecule has 1 aromatic carbocycles. The summed E-state index contributed by atoms with van der Waals surface area (Å²) in [5, 5.41) is 0. The largest absolute Gasteiger partial charge is 0.493 e. The number of hydrogen-bond acceptors (Lipinski definition) is 4. The van der Waals surface area contributed by atoms with E-state index < -0.39 is 0 Å². The quantitative estimate of drug-likeness (QED) is 0.915. The molecule has 0 amide bonds. The van der Waals surface area contributed by atoms with E-state index in [1.165, 1.54) is 0 Å². The predicted octanol–water partition coefficient (Wildman–Crippen LogP) is 2.46. The summed E-state index contributed by atoms with van der Waals surface area (Å²) in [4.78, 5) is 4.36. The standard InChI is InChI=1S/C15H18N2O2/c1-10-5-4-8-17-15(10)14(16)11-6-7-12(18-2)13(9-11)19-3/h4-9,14H,16H2,1-3H3. The van der Waals surface area contributed by atoms with E-state index in [1.807, 2.05) is 37.3 Å². The Bertz CT molecular complexity index is 570. The fourth-order valence-electron chi connectivity index (χ4n) is 2.03. The van der Waals surface area contributed by atoms with Crippen LogP contribution in [0, 0.1) is 6.92 Å². The average Bonchev–Trinajstić information content (AvgIpc) is 2.46. The van der Waals surface area contributed by atoms with Crippen LogP contribution in [0.15, 0.2) is 36.5 Å². The van der Waals surface area contributed by atoms with Crippen LogP contribution in [0.2, 0.25) is 0 Å². The maximum Gasteiger partial charge on any atom is 0.161 e. The molecule has 0 aliphatic carbocycles. The highest BCUT2D eigenvalue weighted by molar-refractivity contribution is 5.45. The molecule has 0 radical (unpaired) electrons. The Kier molecular flexibility index (Phi) is 4.02. The van der Waals surface area contributed by atoms with E-state index in [2.05, 4.69) is 4.98 Å². The van der Waals surface area contributed by atoms with Gasteiger partial charge in [-0.3, -0.25) is 4.98 Å². The second kappa shape index (κ2) is 5.71. The molecule has 0 bridgehead atoms. The van der Waals surface area contributed by atoms with Gasteiger partial charge in [0.15, 0.2) is 11.5 Å². The first-order valence-electron chi connectivity index (χ1n) is 6.06. The SMILES string of the molecule is COc1ccc(C(N)c2ncccc2C)cc1OC. The zero-order chi connectivity index (χ0) is 13.8. The van der Waals surface area contributed by atoms with Gasteiger partial charge in [-0.05, 0) is 36.2 Å². The Morgan fingerprint density at radius 2 is 1.84 bits per heavy atom. The lowest BCUT2D eigenvalue weighted by molar-refractivity contribution is 0.354. The van der Waals surface area contributed by atoms with Crippen molar-refractivity contribution in [3.63, 3.8) is 0 Å². The summed E-state index contributed by atoms with van der Waals surface area (Å²) in [7, 11) is 3.22. The molecule has 0 saturated carbocycles. The molecular formula is C15H18N2O2. The van der Waals surface area contributed by atoms with Crippen LogP contribution < -0.4 is 15.2 Å². The summed E-state index contributed by atoms with van der Waals surface area (Å²) < 4.78 is 10.5. The number of pyridine rings is 1. The summed E-state index contributed by atoms with van der Waals surface area (Å²) in [6, 6.07) is 9.30. The molecule has 4 heteroatoms. The molecule has 0 spiro atoms. The van der Waals surface area contributed by atoms with Crippen LogP contribution in [0.3, 0.4) is 0 Å². The summed E-state index contributed by atoms with van der Waals surface area (Å²) in [6.07, 6.45) is 1.75. The molecule has 1 heterocycles. The van der Waals surface area contributed by atoms with Gasteiger partial charge in [0, 0.05) is 6.20 Å².